The van der Waals surface area contributed by atoms with E-state index in [-0.39, 0.29) is 17.4 Å². The lowest BCUT2D eigenvalue weighted by Crippen LogP contribution is -2.39. The molecule has 1 N–H and O–H groups in total. The summed E-state index contributed by atoms with van der Waals surface area (Å²) in [6.45, 7) is 0.928. The van der Waals surface area contributed by atoms with Gasteiger partial charge in [0.25, 0.3) is 5.91 Å². The Kier molecular flexibility index (Phi) is 4.90. The molecule has 24 heavy (non-hydrogen) atoms. The molecule has 5 heteroatoms. The van der Waals surface area contributed by atoms with E-state index in [0.717, 1.165) is 23.8 Å². The molecule has 1 fully saturated rings. The van der Waals surface area contributed by atoms with Crippen LogP contribution < -0.4 is 0 Å². The van der Waals surface area contributed by atoms with Crippen molar-refractivity contribution < 1.29 is 18.7 Å². The van der Waals surface area contributed by atoms with Crippen molar-refractivity contribution in [1.29, 1.82) is 0 Å². The van der Waals surface area contributed by atoms with Crippen molar-refractivity contribution in [3.05, 3.63) is 71.3 Å². The summed E-state index contributed by atoms with van der Waals surface area (Å²) in [5.74, 6) is -1.82. The molecule has 0 radical (unpaired) electrons. The first-order valence-corrected chi connectivity index (χ1v) is 8.03. The Bertz CT molecular complexity index is 692. The topological polar surface area (TPSA) is 40.5 Å². The third-order valence-electron chi connectivity index (χ3n) is 4.52. The van der Waals surface area contributed by atoms with Crippen molar-refractivity contribution >= 4 is 5.91 Å². The second-order valence-corrected chi connectivity index (χ2v) is 6.14. The van der Waals surface area contributed by atoms with E-state index in [0.29, 0.717) is 25.9 Å². The van der Waals surface area contributed by atoms with Gasteiger partial charge in [0.2, 0.25) is 0 Å². The lowest BCUT2D eigenvalue weighted by atomic mass is 9.87. The zero-order valence-electron chi connectivity index (χ0n) is 13.2. The van der Waals surface area contributed by atoms with Crippen molar-refractivity contribution in [1.82, 2.24) is 4.90 Å². The Morgan fingerprint density at radius 1 is 1.04 bits per heavy atom. The van der Waals surface area contributed by atoms with Crippen LogP contribution in [0.25, 0.3) is 0 Å². The van der Waals surface area contributed by atoms with E-state index in [4.69, 9.17) is 0 Å². The van der Waals surface area contributed by atoms with Gasteiger partial charge >= 0.3 is 0 Å². The largest absolute Gasteiger partial charge is 0.388 e. The maximum absolute atomic E-state index is 13.3. The first-order chi connectivity index (χ1) is 11.5. The van der Waals surface area contributed by atoms with Crippen molar-refractivity contribution in [2.24, 2.45) is 5.92 Å². The van der Waals surface area contributed by atoms with Gasteiger partial charge < -0.3 is 10.0 Å². The molecule has 1 saturated heterocycles. The molecule has 126 valence electrons. The van der Waals surface area contributed by atoms with Crippen molar-refractivity contribution in [3.63, 3.8) is 0 Å². The van der Waals surface area contributed by atoms with Gasteiger partial charge in [0.05, 0.1) is 6.10 Å². The quantitative estimate of drug-likeness (QED) is 0.934. The van der Waals surface area contributed by atoms with Crippen LogP contribution in [-0.2, 0) is 0 Å². The zero-order chi connectivity index (χ0) is 17.1. The first kappa shape index (κ1) is 16.6. The summed E-state index contributed by atoms with van der Waals surface area (Å²) in [5, 5.41) is 10.5. The number of carbonyl (C=O) groups is 1. The summed E-state index contributed by atoms with van der Waals surface area (Å²) in [6.07, 6.45) is 0.745. The fraction of sp³-hybridized carbons (Fsp3) is 0.316. The van der Waals surface area contributed by atoms with E-state index in [1.54, 1.807) is 4.90 Å². The summed E-state index contributed by atoms with van der Waals surface area (Å²) in [6, 6.07) is 12.3. The highest BCUT2D eigenvalue weighted by molar-refractivity contribution is 5.94. The molecule has 0 spiro atoms. The lowest BCUT2D eigenvalue weighted by Gasteiger charge is -2.34. The van der Waals surface area contributed by atoms with Gasteiger partial charge in [-0.05, 0) is 36.5 Å². The fourth-order valence-corrected chi connectivity index (χ4v) is 3.20. The monoisotopic (exact) mass is 331 g/mol. The SMILES string of the molecule is O=C(c1cc(F)cc(F)c1)N1CCC(C(O)c2ccccc2)CC1. The van der Waals surface area contributed by atoms with Gasteiger partial charge in [-0.2, -0.15) is 0 Å². The highest BCUT2D eigenvalue weighted by Gasteiger charge is 2.28. The van der Waals surface area contributed by atoms with Crippen LogP contribution in [0.4, 0.5) is 8.78 Å². The van der Waals surface area contributed by atoms with E-state index in [1.807, 2.05) is 30.3 Å². The number of benzene rings is 2. The highest BCUT2D eigenvalue weighted by Crippen LogP contribution is 2.31. The van der Waals surface area contributed by atoms with E-state index in [2.05, 4.69) is 0 Å². The predicted octanol–water partition coefficient (Wildman–Crippen LogP) is 3.55. The summed E-state index contributed by atoms with van der Waals surface area (Å²) in [7, 11) is 0. The number of likely N-dealkylation sites (tertiary alicyclic amines) is 1. The van der Waals surface area contributed by atoms with Gasteiger partial charge in [0.15, 0.2) is 0 Å². The van der Waals surface area contributed by atoms with Gasteiger partial charge in [-0.25, -0.2) is 8.78 Å². The highest BCUT2D eigenvalue weighted by atomic mass is 19.1. The minimum atomic E-state index is -0.757. The average molecular weight is 331 g/mol. The fourth-order valence-electron chi connectivity index (χ4n) is 3.20. The van der Waals surface area contributed by atoms with E-state index < -0.39 is 17.7 Å². The zero-order valence-corrected chi connectivity index (χ0v) is 13.2. The molecule has 1 amide bonds. The molecule has 3 rings (SSSR count). The molecular formula is C19H19F2NO2. The van der Waals surface area contributed by atoms with Crippen LogP contribution in [0.15, 0.2) is 48.5 Å². The van der Waals surface area contributed by atoms with Crippen molar-refractivity contribution in [2.75, 3.05) is 13.1 Å². The number of nitrogens with zero attached hydrogens (tertiary/aromatic N) is 1. The second kappa shape index (κ2) is 7.09. The van der Waals surface area contributed by atoms with Crippen LogP contribution in [0.2, 0.25) is 0 Å². The number of hydrogen-bond acceptors (Lipinski definition) is 2. The number of piperidine rings is 1. The Labute approximate surface area is 139 Å². The first-order valence-electron chi connectivity index (χ1n) is 8.03. The van der Waals surface area contributed by atoms with Crippen LogP contribution in [0.5, 0.6) is 0 Å². The average Bonchev–Trinajstić information content (AvgIpc) is 2.60. The minimum absolute atomic E-state index is 0.0227. The van der Waals surface area contributed by atoms with Gasteiger partial charge in [-0.3, -0.25) is 4.79 Å². The molecule has 1 atom stereocenters. The molecule has 1 unspecified atom stereocenters. The Morgan fingerprint density at radius 2 is 1.62 bits per heavy atom. The summed E-state index contributed by atoms with van der Waals surface area (Å²) in [4.78, 5) is 14.0. The molecular weight excluding hydrogens is 312 g/mol. The van der Waals surface area contributed by atoms with Crippen LogP contribution in [0, 0.1) is 17.6 Å². The van der Waals surface area contributed by atoms with Crippen LogP contribution >= 0.6 is 0 Å². The van der Waals surface area contributed by atoms with Crippen LogP contribution in [-0.4, -0.2) is 29.0 Å². The summed E-state index contributed by atoms with van der Waals surface area (Å²) >= 11 is 0. The standard InChI is InChI=1S/C19H19F2NO2/c20-16-10-15(11-17(21)12-16)19(24)22-8-6-14(7-9-22)18(23)13-4-2-1-3-5-13/h1-5,10-12,14,18,23H,6-9H2. The van der Waals surface area contributed by atoms with E-state index in [1.165, 1.54) is 0 Å². The molecule has 3 nitrogen and oxygen atoms in total. The van der Waals surface area contributed by atoms with Gasteiger partial charge in [-0.1, -0.05) is 30.3 Å². The smallest absolute Gasteiger partial charge is 0.254 e. The second-order valence-electron chi connectivity index (χ2n) is 6.14. The maximum atomic E-state index is 13.3. The summed E-state index contributed by atoms with van der Waals surface area (Å²) in [5.41, 5.74) is 0.893. The lowest BCUT2D eigenvalue weighted by molar-refractivity contribution is 0.0462. The molecule has 1 heterocycles. The molecule has 0 saturated carbocycles. The number of hydrogen-bond donors (Lipinski definition) is 1. The Morgan fingerprint density at radius 3 is 2.21 bits per heavy atom. The minimum Gasteiger partial charge on any atom is -0.388 e. The maximum Gasteiger partial charge on any atom is 0.254 e. The van der Waals surface area contributed by atoms with Gasteiger partial charge in [-0.15, -0.1) is 0 Å². The number of rotatable bonds is 3. The molecule has 2 aromatic rings. The van der Waals surface area contributed by atoms with Gasteiger partial charge in [0.1, 0.15) is 11.6 Å². The third-order valence-corrected chi connectivity index (χ3v) is 4.52. The van der Waals surface area contributed by atoms with Crippen molar-refractivity contribution in [2.45, 2.75) is 18.9 Å². The third kappa shape index (κ3) is 3.62. The van der Waals surface area contributed by atoms with Gasteiger partial charge in [0, 0.05) is 24.7 Å². The Hall–Kier alpha value is -2.27. The predicted molar refractivity (Wildman–Crippen MR) is 86.4 cm³/mol. The number of halogens is 2. The summed E-state index contributed by atoms with van der Waals surface area (Å²) < 4.78 is 26.5. The van der Waals surface area contributed by atoms with Crippen molar-refractivity contribution in [3.8, 4) is 0 Å². The number of carbonyl (C=O) groups excluding carboxylic acids is 1. The van der Waals surface area contributed by atoms with Crippen LogP contribution in [0.3, 0.4) is 0 Å². The normalized spacial score (nSPS) is 16.9. The van der Waals surface area contributed by atoms with E-state index >= 15 is 0 Å². The molecule has 1 aliphatic heterocycles. The molecule has 0 aliphatic carbocycles. The molecule has 0 bridgehead atoms. The Balaban J connectivity index is 1.63. The molecule has 0 aromatic heterocycles. The molecule has 1 aliphatic rings. The van der Waals surface area contributed by atoms with Crippen LogP contribution in [0.1, 0.15) is 34.9 Å². The number of amides is 1. The van der Waals surface area contributed by atoms with E-state index in [9.17, 15) is 18.7 Å². The number of aliphatic hydroxyl groups is 1. The number of aliphatic hydroxyl groups excluding tert-OH is 1. The molecule has 2 aromatic carbocycles.